The van der Waals surface area contributed by atoms with Crippen LogP contribution in [0.2, 0.25) is 5.02 Å². The van der Waals surface area contributed by atoms with Crippen molar-refractivity contribution >= 4 is 29.1 Å². The molecule has 7 nitrogen and oxygen atoms in total. The number of aromatic nitrogens is 4. The van der Waals surface area contributed by atoms with Gasteiger partial charge >= 0.3 is 0 Å². The van der Waals surface area contributed by atoms with Crippen LogP contribution in [0.4, 0.5) is 11.6 Å². The number of carbonyl (C=O) groups excluding carboxylic acids is 1. The lowest BCUT2D eigenvalue weighted by atomic mass is 9.86. The fourth-order valence-electron chi connectivity index (χ4n) is 3.30. The molecule has 4 rings (SSSR count). The lowest BCUT2D eigenvalue weighted by molar-refractivity contribution is -0.121. The summed E-state index contributed by atoms with van der Waals surface area (Å²) in [6.07, 6.45) is 4.95. The van der Waals surface area contributed by atoms with Crippen LogP contribution in [-0.4, -0.2) is 31.7 Å². The summed E-state index contributed by atoms with van der Waals surface area (Å²) in [6.45, 7) is 1.97. The maximum Gasteiger partial charge on any atom is 0.232 e. The molecule has 8 heteroatoms. The lowest BCUT2D eigenvalue weighted by Crippen LogP contribution is -2.46. The number of amides is 1. The Morgan fingerprint density at radius 3 is 2.81 bits per heavy atom. The second-order valence-electron chi connectivity index (χ2n) is 6.21. The van der Waals surface area contributed by atoms with Crippen molar-refractivity contribution in [2.24, 2.45) is 5.92 Å². The van der Waals surface area contributed by atoms with E-state index >= 15 is 0 Å². The predicted molar refractivity (Wildman–Crippen MR) is 99.1 cm³/mol. The van der Waals surface area contributed by atoms with Crippen molar-refractivity contribution < 1.29 is 4.79 Å². The minimum Gasteiger partial charge on any atom is -0.351 e. The smallest absolute Gasteiger partial charge is 0.232 e. The molecule has 2 aromatic heterocycles. The molecule has 1 aromatic carbocycles. The zero-order chi connectivity index (χ0) is 18.1. The zero-order valence-electron chi connectivity index (χ0n) is 14.0. The van der Waals surface area contributed by atoms with Gasteiger partial charge in [0.1, 0.15) is 6.33 Å². The zero-order valence-corrected chi connectivity index (χ0v) is 14.8. The third-order valence-electron chi connectivity index (χ3n) is 4.51. The molecule has 0 saturated carbocycles. The van der Waals surface area contributed by atoms with Gasteiger partial charge in [0.25, 0.3) is 0 Å². The fraction of sp³-hybridized carbons (Fsp3) is 0.222. The Kier molecular flexibility index (Phi) is 4.30. The average Bonchev–Trinajstić information content (AvgIpc) is 3.11. The number of rotatable bonds is 3. The van der Waals surface area contributed by atoms with Crippen LogP contribution in [-0.2, 0) is 4.79 Å². The number of fused-ring (bicyclic) bond motifs is 1. The minimum absolute atomic E-state index is 0.109. The van der Waals surface area contributed by atoms with E-state index in [-0.39, 0.29) is 18.0 Å². The van der Waals surface area contributed by atoms with Crippen molar-refractivity contribution in [3.8, 4) is 0 Å². The van der Waals surface area contributed by atoms with Gasteiger partial charge in [0.2, 0.25) is 11.9 Å². The molecular formula is C18H17ClN6O. The molecular weight excluding hydrogens is 352 g/mol. The van der Waals surface area contributed by atoms with Gasteiger partial charge in [-0.15, -0.1) is 0 Å². The molecule has 0 bridgehead atoms. The second kappa shape index (κ2) is 6.76. The van der Waals surface area contributed by atoms with Gasteiger partial charge < -0.3 is 10.6 Å². The summed E-state index contributed by atoms with van der Waals surface area (Å²) in [4.78, 5) is 21.6. The van der Waals surface area contributed by atoms with Gasteiger partial charge in [-0.1, -0.05) is 17.7 Å². The van der Waals surface area contributed by atoms with Crippen molar-refractivity contribution in [1.82, 2.24) is 19.7 Å². The van der Waals surface area contributed by atoms with Gasteiger partial charge in [-0.3, -0.25) is 9.78 Å². The molecule has 3 heterocycles. The molecule has 0 aliphatic carbocycles. The van der Waals surface area contributed by atoms with Crippen LogP contribution in [0.15, 0.2) is 55.1 Å². The molecule has 26 heavy (non-hydrogen) atoms. The van der Waals surface area contributed by atoms with Crippen LogP contribution in [0.25, 0.3) is 0 Å². The van der Waals surface area contributed by atoms with Crippen molar-refractivity contribution in [3.05, 3.63) is 65.7 Å². The number of anilines is 2. The topological polar surface area (TPSA) is 84.7 Å². The van der Waals surface area contributed by atoms with Crippen molar-refractivity contribution in [2.75, 3.05) is 10.6 Å². The van der Waals surface area contributed by atoms with Gasteiger partial charge in [-0.2, -0.15) is 10.1 Å². The van der Waals surface area contributed by atoms with Crippen LogP contribution in [0.1, 0.15) is 18.5 Å². The molecule has 0 saturated heterocycles. The Morgan fingerprint density at radius 2 is 2.08 bits per heavy atom. The van der Waals surface area contributed by atoms with E-state index in [0.717, 1.165) is 5.56 Å². The van der Waals surface area contributed by atoms with E-state index in [2.05, 4.69) is 25.7 Å². The van der Waals surface area contributed by atoms with Crippen LogP contribution < -0.4 is 10.6 Å². The number of benzene rings is 1. The number of pyridine rings is 1. The molecule has 132 valence electrons. The number of carbonyl (C=O) groups is 1. The summed E-state index contributed by atoms with van der Waals surface area (Å²) in [6, 6.07) is 10.4. The van der Waals surface area contributed by atoms with Gasteiger partial charge in [0.15, 0.2) is 0 Å². The van der Waals surface area contributed by atoms with Gasteiger partial charge in [-0.25, -0.2) is 4.68 Å². The van der Waals surface area contributed by atoms with E-state index in [4.69, 9.17) is 11.6 Å². The standard InChI is InChI=1S/C18H17ClN6O/c1-11-15(17(26)24-14-6-4-13(19)5-7-14)16(12-3-2-8-20-9-12)25-18(23-11)21-10-22-25/h2-11,15-16H,1H3,(H,24,26)(H,21,22,23)/t11-,15+,16-/m0/s1. The highest BCUT2D eigenvalue weighted by Gasteiger charge is 2.41. The Bertz CT molecular complexity index is 911. The van der Waals surface area contributed by atoms with Gasteiger partial charge in [0, 0.05) is 29.1 Å². The normalized spacial score (nSPS) is 21.5. The van der Waals surface area contributed by atoms with Crippen molar-refractivity contribution in [1.29, 1.82) is 0 Å². The Balaban J connectivity index is 1.70. The van der Waals surface area contributed by atoms with Crippen LogP contribution in [0, 0.1) is 5.92 Å². The Hall–Kier alpha value is -2.93. The highest BCUT2D eigenvalue weighted by atomic mass is 35.5. The molecule has 0 unspecified atom stereocenters. The first kappa shape index (κ1) is 16.5. The van der Waals surface area contributed by atoms with Crippen LogP contribution >= 0.6 is 11.6 Å². The SMILES string of the molecule is C[C@@H]1Nc2ncnn2[C@@H](c2cccnc2)[C@@H]1C(=O)Nc1ccc(Cl)cc1. The van der Waals surface area contributed by atoms with E-state index in [1.165, 1.54) is 6.33 Å². The molecule has 1 amide bonds. The number of nitrogens with one attached hydrogen (secondary N) is 2. The first-order valence-electron chi connectivity index (χ1n) is 8.26. The Labute approximate surface area is 155 Å². The summed E-state index contributed by atoms with van der Waals surface area (Å²) in [5, 5.41) is 11.2. The van der Waals surface area contributed by atoms with E-state index in [1.807, 2.05) is 19.1 Å². The van der Waals surface area contributed by atoms with Crippen molar-refractivity contribution in [2.45, 2.75) is 19.0 Å². The minimum atomic E-state index is -0.399. The fourth-order valence-corrected chi connectivity index (χ4v) is 3.43. The highest BCUT2D eigenvalue weighted by Crippen LogP contribution is 2.36. The second-order valence-corrected chi connectivity index (χ2v) is 6.65. The van der Waals surface area contributed by atoms with E-state index in [9.17, 15) is 4.79 Å². The molecule has 1 aliphatic rings. The molecule has 0 radical (unpaired) electrons. The number of hydrogen-bond acceptors (Lipinski definition) is 5. The molecule has 1 aliphatic heterocycles. The van der Waals surface area contributed by atoms with Gasteiger partial charge in [-0.05, 0) is 42.8 Å². The monoisotopic (exact) mass is 368 g/mol. The maximum atomic E-state index is 13.1. The van der Waals surface area contributed by atoms with E-state index in [1.54, 1.807) is 41.3 Å². The molecule has 3 atom stereocenters. The molecule has 3 aromatic rings. The summed E-state index contributed by atoms with van der Waals surface area (Å²) < 4.78 is 1.74. The first-order chi connectivity index (χ1) is 12.6. The number of hydrogen-bond donors (Lipinski definition) is 2. The Morgan fingerprint density at radius 1 is 1.27 bits per heavy atom. The summed E-state index contributed by atoms with van der Waals surface area (Å²) >= 11 is 5.92. The predicted octanol–water partition coefficient (Wildman–Crippen LogP) is 2.98. The third kappa shape index (κ3) is 3.01. The first-order valence-corrected chi connectivity index (χ1v) is 8.63. The summed E-state index contributed by atoms with van der Waals surface area (Å²) in [7, 11) is 0. The molecule has 0 fully saturated rings. The third-order valence-corrected chi connectivity index (χ3v) is 4.76. The van der Waals surface area contributed by atoms with Crippen LogP contribution in [0.5, 0.6) is 0 Å². The largest absolute Gasteiger partial charge is 0.351 e. The lowest BCUT2D eigenvalue weighted by Gasteiger charge is -2.36. The number of nitrogens with zero attached hydrogens (tertiary/aromatic N) is 4. The van der Waals surface area contributed by atoms with E-state index < -0.39 is 5.92 Å². The maximum absolute atomic E-state index is 13.1. The molecule has 2 N–H and O–H groups in total. The molecule has 0 spiro atoms. The number of halogens is 1. The van der Waals surface area contributed by atoms with Crippen LogP contribution in [0.3, 0.4) is 0 Å². The van der Waals surface area contributed by atoms with Gasteiger partial charge in [0.05, 0.1) is 12.0 Å². The average molecular weight is 369 g/mol. The quantitative estimate of drug-likeness (QED) is 0.742. The highest BCUT2D eigenvalue weighted by molar-refractivity contribution is 6.30. The summed E-state index contributed by atoms with van der Waals surface area (Å²) in [5.74, 6) is 0.133. The van der Waals surface area contributed by atoms with E-state index in [0.29, 0.717) is 16.7 Å². The van der Waals surface area contributed by atoms with Crippen molar-refractivity contribution in [3.63, 3.8) is 0 Å². The summed E-state index contributed by atoms with van der Waals surface area (Å²) in [5.41, 5.74) is 1.60.